The first-order chi connectivity index (χ1) is 9.88. The molecule has 0 bridgehead atoms. The minimum absolute atomic E-state index is 0.0145. The van der Waals surface area contributed by atoms with Gasteiger partial charge in [0.15, 0.2) is 0 Å². The lowest BCUT2D eigenvalue weighted by molar-refractivity contribution is 0.0697. The van der Waals surface area contributed by atoms with Crippen molar-refractivity contribution in [3.63, 3.8) is 0 Å². The number of hydrogen-bond donors (Lipinski definition) is 2. The van der Waals surface area contributed by atoms with Crippen molar-refractivity contribution in [2.24, 2.45) is 4.99 Å². The van der Waals surface area contributed by atoms with E-state index in [2.05, 4.69) is 20.9 Å². The molecule has 0 atom stereocenters. The largest absolute Gasteiger partial charge is 0.506 e. The zero-order valence-corrected chi connectivity index (χ0v) is 14.8. The maximum absolute atomic E-state index is 11.0. The van der Waals surface area contributed by atoms with Gasteiger partial charge in [-0.1, -0.05) is 27.5 Å². The second kappa shape index (κ2) is 6.76. The molecule has 2 rings (SSSR count). The Morgan fingerprint density at radius 1 is 1.33 bits per heavy atom. The summed E-state index contributed by atoms with van der Waals surface area (Å²) in [5.74, 6) is -0.994. The topological polar surface area (TPSA) is 69.9 Å². The number of benzene rings is 2. The van der Waals surface area contributed by atoms with Gasteiger partial charge in [-0.3, -0.25) is 4.99 Å². The molecule has 0 aliphatic carbocycles. The van der Waals surface area contributed by atoms with Crippen LogP contribution in [0.25, 0.3) is 0 Å². The van der Waals surface area contributed by atoms with Gasteiger partial charge in [-0.25, -0.2) is 4.79 Å². The molecule has 0 aliphatic rings. The highest BCUT2D eigenvalue weighted by Crippen LogP contribution is 2.28. The van der Waals surface area contributed by atoms with Gasteiger partial charge >= 0.3 is 5.97 Å². The zero-order chi connectivity index (χ0) is 15.6. The van der Waals surface area contributed by atoms with E-state index in [1.807, 2.05) is 22.6 Å². The highest BCUT2D eigenvalue weighted by molar-refractivity contribution is 14.1. The number of carboxylic acids is 1. The number of nitrogens with zero attached hydrogens (tertiary/aromatic N) is 1. The number of carbonyl (C=O) groups is 1. The molecule has 0 amide bonds. The van der Waals surface area contributed by atoms with Crippen LogP contribution in [0, 0.1) is 3.57 Å². The van der Waals surface area contributed by atoms with Gasteiger partial charge < -0.3 is 10.2 Å². The number of rotatable bonds is 3. The third-order valence-corrected chi connectivity index (χ3v) is 4.20. The summed E-state index contributed by atoms with van der Waals surface area (Å²) >= 11 is 11.1. The van der Waals surface area contributed by atoms with E-state index in [0.717, 1.165) is 4.47 Å². The average Bonchev–Trinajstić information content (AvgIpc) is 2.42. The molecule has 7 heteroatoms. The molecule has 0 radical (unpaired) electrons. The highest BCUT2D eigenvalue weighted by Gasteiger charge is 2.09. The lowest BCUT2D eigenvalue weighted by Gasteiger charge is -2.03. The number of aliphatic imine (C=N–C) groups is 1. The zero-order valence-electron chi connectivity index (χ0n) is 10.3. The lowest BCUT2D eigenvalue weighted by atomic mass is 10.2. The van der Waals surface area contributed by atoms with Crippen molar-refractivity contribution in [1.29, 1.82) is 0 Å². The highest BCUT2D eigenvalue weighted by atomic mass is 127. The van der Waals surface area contributed by atoms with Gasteiger partial charge in [-0.2, -0.15) is 0 Å². The molecular formula is C14H8BrClINO3. The molecule has 0 aromatic heterocycles. The number of hydrogen-bond acceptors (Lipinski definition) is 3. The minimum Gasteiger partial charge on any atom is -0.506 e. The summed E-state index contributed by atoms with van der Waals surface area (Å²) in [7, 11) is 0. The van der Waals surface area contributed by atoms with Gasteiger partial charge in [0.05, 0.1) is 19.8 Å². The molecule has 0 fully saturated rings. The van der Waals surface area contributed by atoms with Crippen LogP contribution in [0.4, 0.5) is 5.69 Å². The fourth-order valence-corrected chi connectivity index (χ4v) is 3.33. The number of halogens is 3. The van der Waals surface area contributed by atoms with Gasteiger partial charge in [0, 0.05) is 16.3 Å². The van der Waals surface area contributed by atoms with Gasteiger partial charge in [-0.15, -0.1) is 0 Å². The SMILES string of the molecule is O=C(O)c1cc(N=Cc2cc(Br)cc(I)c2O)ccc1Cl. The first-order valence-electron chi connectivity index (χ1n) is 5.63. The Morgan fingerprint density at radius 2 is 2.05 bits per heavy atom. The van der Waals surface area contributed by atoms with Crippen molar-refractivity contribution in [3.8, 4) is 5.75 Å². The van der Waals surface area contributed by atoms with Crippen molar-refractivity contribution in [1.82, 2.24) is 0 Å². The first-order valence-corrected chi connectivity index (χ1v) is 7.88. The summed E-state index contributed by atoms with van der Waals surface area (Å²) in [6, 6.07) is 7.95. The Balaban J connectivity index is 2.38. The van der Waals surface area contributed by atoms with Crippen LogP contribution < -0.4 is 0 Å². The molecule has 21 heavy (non-hydrogen) atoms. The van der Waals surface area contributed by atoms with Crippen molar-refractivity contribution in [2.75, 3.05) is 0 Å². The molecule has 0 saturated heterocycles. The van der Waals surface area contributed by atoms with Crippen LogP contribution in [0.2, 0.25) is 5.02 Å². The molecule has 4 nitrogen and oxygen atoms in total. The van der Waals surface area contributed by atoms with E-state index in [1.54, 1.807) is 18.2 Å². The molecule has 108 valence electrons. The van der Waals surface area contributed by atoms with Gasteiger partial charge in [0.2, 0.25) is 0 Å². The predicted octanol–water partition coefficient (Wildman–Crippen LogP) is 4.86. The van der Waals surface area contributed by atoms with Crippen LogP contribution >= 0.6 is 50.1 Å². The van der Waals surface area contributed by atoms with Crippen molar-refractivity contribution < 1.29 is 15.0 Å². The van der Waals surface area contributed by atoms with E-state index < -0.39 is 5.97 Å². The average molecular weight is 480 g/mol. The van der Waals surface area contributed by atoms with E-state index in [1.165, 1.54) is 18.3 Å². The molecular weight excluding hydrogens is 472 g/mol. The molecule has 0 spiro atoms. The van der Waals surface area contributed by atoms with Gasteiger partial charge in [0.1, 0.15) is 5.75 Å². The summed E-state index contributed by atoms with van der Waals surface area (Å²) < 4.78 is 1.50. The van der Waals surface area contributed by atoms with Crippen molar-refractivity contribution in [2.45, 2.75) is 0 Å². The second-order valence-electron chi connectivity index (χ2n) is 4.05. The van der Waals surface area contributed by atoms with E-state index in [-0.39, 0.29) is 16.3 Å². The molecule has 2 aromatic rings. The Hall–Kier alpha value is -1.12. The normalized spacial score (nSPS) is 11.0. The third-order valence-electron chi connectivity index (χ3n) is 2.59. The van der Waals surface area contributed by atoms with E-state index in [0.29, 0.717) is 14.8 Å². The smallest absolute Gasteiger partial charge is 0.337 e. The summed E-state index contributed by atoms with van der Waals surface area (Å²) in [5.41, 5.74) is 0.950. The molecule has 0 unspecified atom stereocenters. The fraction of sp³-hybridized carbons (Fsp3) is 0. The minimum atomic E-state index is -1.11. The molecule has 0 aliphatic heterocycles. The summed E-state index contributed by atoms with van der Waals surface area (Å²) in [5, 5.41) is 19.1. The summed E-state index contributed by atoms with van der Waals surface area (Å²) in [6.07, 6.45) is 1.47. The van der Waals surface area contributed by atoms with E-state index in [9.17, 15) is 9.90 Å². The maximum Gasteiger partial charge on any atom is 0.337 e. The monoisotopic (exact) mass is 479 g/mol. The quantitative estimate of drug-likeness (QED) is 0.487. The van der Waals surface area contributed by atoms with Crippen LogP contribution in [0.1, 0.15) is 15.9 Å². The van der Waals surface area contributed by atoms with Crippen LogP contribution in [0.5, 0.6) is 5.75 Å². The van der Waals surface area contributed by atoms with Gasteiger partial charge in [-0.05, 0) is 52.9 Å². The second-order valence-corrected chi connectivity index (χ2v) is 6.54. The summed E-state index contributed by atoms with van der Waals surface area (Å²) in [4.78, 5) is 15.2. The number of aromatic hydroxyl groups is 1. The van der Waals surface area contributed by atoms with E-state index in [4.69, 9.17) is 16.7 Å². The molecule has 2 N–H and O–H groups in total. The van der Waals surface area contributed by atoms with E-state index >= 15 is 0 Å². The number of aromatic carboxylic acids is 1. The van der Waals surface area contributed by atoms with Gasteiger partial charge in [0.25, 0.3) is 0 Å². The first kappa shape index (κ1) is 16.3. The Morgan fingerprint density at radius 3 is 2.71 bits per heavy atom. The fourth-order valence-electron chi connectivity index (χ4n) is 1.59. The maximum atomic E-state index is 11.0. The number of carboxylic acid groups (broad SMARTS) is 1. The van der Waals surface area contributed by atoms with Crippen LogP contribution in [-0.4, -0.2) is 22.4 Å². The Kier molecular flexibility index (Phi) is 5.23. The van der Waals surface area contributed by atoms with Crippen LogP contribution in [-0.2, 0) is 0 Å². The van der Waals surface area contributed by atoms with Crippen molar-refractivity contribution >= 4 is 68.0 Å². The summed E-state index contributed by atoms with van der Waals surface area (Å²) in [6.45, 7) is 0. The Labute approximate surface area is 147 Å². The van der Waals surface area contributed by atoms with Crippen molar-refractivity contribution in [3.05, 3.63) is 54.5 Å². The Bertz CT molecular complexity index is 749. The third kappa shape index (κ3) is 3.96. The standard InChI is InChI=1S/C14H8BrClINO3/c15-8-3-7(13(19)12(17)4-8)6-18-9-1-2-11(16)10(5-9)14(20)21/h1-6,19H,(H,20,21). The lowest BCUT2D eigenvalue weighted by Crippen LogP contribution is -1.96. The van der Waals surface area contributed by atoms with Crippen LogP contribution in [0.3, 0.4) is 0 Å². The number of phenols is 1. The molecule has 0 heterocycles. The molecule has 2 aromatic carbocycles. The molecule has 0 saturated carbocycles. The van der Waals surface area contributed by atoms with Crippen LogP contribution in [0.15, 0.2) is 39.8 Å². The number of phenolic OH excluding ortho intramolecular Hbond substituents is 1. The predicted molar refractivity (Wildman–Crippen MR) is 94.2 cm³/mol.